The van der Waals surface area contributed by atoms with E-state index in [4.69, 9.17) is 4.74 Å². The van der Waals surface area contributed by atoms with Crippen LogP contribution in [0.25, 0.3) is 0 Å². The minimum absolute atomic E-state index is 0.691. The fourth-order valence-electron chi connectivity index (χ4n) is 2.89. The number of hydrogen-bond acceptors (Lipinski definition) is 3. The molecule has 0 aromatic heterocycles. The summed E-state index contributed by atoms with van der Waals surface area (Å²) < 4.78 is 7.01. The maximum Gasteiger partial charge on any atom is 0.127 e. The Morgan fingerprint density at radius 1 is 1.42 bits per heavy atom. The zero-order valence-corrected chi connectivity index (χ0v) is 13.0. The van der Waals surface area contributed by atoms with Crippen LogP contribution in [0.4, 0.5) is 0 Å². The number of hydrogen-bond donors (Lipinski definition) is 1. The quantitative estimate of drug-likeness (QED) is 0.900. The zero-order valence-electron chi connectivity index (χ0n) is 11.4. The molecule has 2 heterocycles. The molecule has 1 aromatic carbocycles. The molecule has 0 atom stereocenters. The highest BCUT2D eigenvalue weighted by molar-refractivity contribution is 9.10. The average molecular weight is 325 g/mol. The van der Waals surface area contributed by atoms with Crippen LogP contribution < -0.4 is 10.1 Å². The largest absolute Gasteiger partial charge is 0.493 e. The van der Waals surface area contributed by atoms with Crippen molar-refractivity contribution in [1.29, 1.82) is 0 Å². The van der Waals surface area contributed by atoms with Gasteiger partial charge in [0.05, 0.1) is 6.61 Å². The lowest BCUT2D eigenvalue weighted by molar-refractivity contribution is 0.136. The van der Waals surface area contributed by atoms with Crippen molar-refractivity contribution in [2.45, 2.75) is 32.4 Å². The number of ether oxygens (including phenoxy) is 1. The molecule has 2 aliphatic rings. The van der Waals surface area contributed by atoms with Crippen molar-refractivity contribution in [2.75, 3.05) is 26.2 Å². The minimum Gasteiger partial charge on any atom is -0.493 e. The van der Waals surface area contributed by atoms with Crippen LogP contribution >= 0.6 is 15.9 Å². The first kappa shape index (κ1) is 13.4. The molecule has 3 rings (SSSR count). The third kappa shape index (κ3) is 2.81. The van der Waals surface area contributed by atoms with E-state index < -0.39 is 0 Å². The van der Waals surface area contributed by atoms with Gasteiger partial charge in [-0.2, -0.15) is 0 Å². The van der Waals surface area contributed by atoms with Crippen LogP contribution in [0.2, 0.25) is 0 Å². The van der Waals surface area contributed by atoms with Crippen LogP contribution in [0, 0.1) is 0 Å². The Morgan fingerprint density at radius 2 is 2.26 bits per heavy atom. The van der Waals surface area contributed by atoms with Crippen molar-refractivity contribution in [1.82, 2.24) is 10.2 Å². The molecular formula is C15H21BrN2O. The lowest BCUT2D eigenvalue weighted by Gasteiger charge is -2.38. The number of fused-ring (bicyclic) bond motifs is 1. The van der Waals surface area contributed by atoms with Crippen LogP contribution in [-0.2, 0) is 13.0 Å². The van der Waals surface area contributed by atoms with Gasteiger partial charge in [0.2, 0.25) is 0 Å². The SMILES string of the molecule is CCCN(Cc1cc(Br)cc2c1OCC2)C1CNC1. The molecule has 4 heteroatoms. The summed E-state index contributed by atoms with van der Waals surface area (Å²) in [7, 11) is 0. The third-order valence-corrected chi connectivity index (χ3v) is 4.44. The van der Waals surface area contributed by atoms with E-state index in [1.54, 1.807) is 0 Å². The molecule has 0 spiro atoms. The molecule has 104 valence electrons. The lowest BCUT2D eigenvalue weighted by atomic mass is 10.0. The summed E-state index contributed by atoms with van der Waals surface area (Å²) in [5.41, 5.74) is 2.69. The second kappa shape index (κ2) is 5.81. The van der Waals surface area contributed by atoms with Crippen LogP contribution in [0.1, 0.15) is 24.5 Å². The van der Waals surface area contributed by atoms with Crippen molar-refractivity contribution in [3.63, 3.8) is 0 Å². The summed E-state index contributed by atoms with van der Waals surface area (Å²) in [4.78, 5) is 2.58. The molecule has 0 aliphatic carbocycles. The van der Waals surface area contributed by atoms with Crippen molar-refractivity contribution < 1.29 is 4.74 Å². The first-order valence-corrected chi connectivity index (χ1v) is 7.96. The molecular weight excluding hydrogens is 304 g/mol. The number of nitrogens with one attached hydrogen (secondary N) is 1. The van der Waals surface area contributed by atoms with E-state index in [0.717, 1.165) is 45.0 Å². The molecule has 19 heavy (non-hydrogen) atoms. The van der Waals surface area contributed by atoms with Gasteiger partial charge in [-0.25, -0.2) is 0 Å². The Balaban J connectivity index is 1.81. The summed E-state index contributed by atoms with van der Waals surface area (Å²) in [6.07, 6.45) is 2.24. The van der Waals surface area contributed by atoms with Crippen molar-refractivity contribution >= 4 is 15.9 Å². The first-order chi connectivity index (χ1) is 9.28. The smallest absolute Gasteiger partial charge is 0.127 e. The summed E-state index contributed by atoms with van der Waals surface area (Å²) in [5.74, 6) is 1.14. The molecule has 1 fully saturated rings. The molecule has 1 aromatic rings. The van der Waals surface area contributed by atoms with E-state index in [9.17, 15) is 0 Å². The van der Waals surface area contributed by atoms with Gasteiger partial charge in [0.25, 0.3) is 0 Å². The van der Waals surface area contributed by atoms with Crippen molar-refractivity contribution in [3.05, 3.63) is 27.7 Å². The second-order valence-corrected chi connectivity index (χ2v) is 6.35. The monoisotopic (exact) mass is 324 g/mol. The highest BCUT2D eigenvalue weighted by atomic mass is 79.9. The van der Waals surface area contributed by atoms with E-state index in [-0.39, 0.29) is 0 Å². The third-order valence-electron chi connectivity index (χ3n) is 3.99. The molecule has 3 nitrogen and oxygen atoms in total. The number of halogens is 1. The van der Waals surface area contributed by atoms with Gasteiger partial charge in [0.15, 0.2) is 0 Å². The van der Waals surface area contributed by atoms with Gasteiger partial charge in [0.1, 0.15) is 5.75 Å². The van der Waals surface area contributed by atoms with Crippen LogP contribution in [0.5, 0.6) is 5.75 Å². The normalized spacial score (nSPS) is 18.3. The van der Waals surface area contributed by atoms with Gasteiger partial charge in [-0.3, -0.25) is 4.90 Å². The van der Waals surface area contributed by atoms with Gasteiger partial charge in [-0.15, -0.1) is 0 Å². The van der Waals surface area contributed by atoms with Crippen molar-refractivity contribution in [3.8, 4) is 5.75 Å². The molecule has 0 unspecified atom stereocenters. The molecule has 1 saturated heterocycles. The van der Waals surface area contributed by atoms with E-state index >= 15 is 0 Å². The van der Waals surface area contributed by atoms with E-state index in [0.29, 0.717) is 6.04 Å². The van der Waals surface area contributed by atoms with Crippen LogP contribution in [0.15, 0.2) is 16.6 Å². The van der Waals surface area contributed by atoms with Gasteiger partial charge in [-0.1, -0.05) is 22.9 Å². The molecule has 0 radical (unpaired) electrons. The zero-order chi connectivity index (χ0) is 13.2. The average Bonchev–Trinajstić information content (AvgIpc) is 2.74. The molecule has 1 N–H and O–H groups in total. The van der Waals surface area contributed by atoms with Crippen LogP contribution in [0.3, 0.4) is 0 Å². The van der Waals surface area contributed by atoms with Gasteiger partial charge < -0.3 is 10.1 Å². The second-order valence-electron chi connectivity index (χ2n) is 5.43. The number of benzene rings is 1. The Labute approximate surface area is 123 Å². The summed E-state index contributed by atoms with van der Waals surface area (Å²) in [6.45, 7) is 7.49. The summed E-state index contributed by atoms with van der Waals surface area (Å²) in [6, 6.07) is 5.11. The lowest BCUT2D eigenvalue weighted by Crippen LogP contribution is -2.56. The van der Waals surface area contributed by atoms with E-state index in [1.807, 2.05) is 0 Å². The Bertz CT molecular complexity index is 460. The summed E-state index contributed by atoms with van der Waals surface area (Å²) in [5, 5.41) is 3.37. The Kier molecular flexibility index (Phi) is 4.10. The minimum atomic E-state index is 0.691. The van der Waals surface area contributed by atoms with Crippen LogP contribution in [-0.4, -0.2) is 37.2 Å². The van der Waals surface area contributed by atoms with E-state index in [1.165, 1.54) is 22.0 Å². The first-order valence-electron chi connectivity index (χ1n) is 7.16. The molecule has 2 aliphatic heterocycles. The molecule has 0 saturated carbocycles. The predicted octanol–water partition coefficient (Wildman–Crippen LogP) is 2.57. The molecule has 0 bridgehead atoms. The predicted molar refractivity (Wildman–Crippen MR) is 80.7 cm³/mol. The van der Waals surface area contributed by atoms with Crippen molar-refractivity contribution in [2.24, 2.45) is 0 Å². The van der Waals surface area contributed by atoms with E-state index in [2.05, 4.69) is 45.2 Å². The van der Waals surface area contributed by atoms with Gasteiger partial charge in [-0.05, 0) is 30.7 Å². The topological polar surface area (TPSA) is 24.5 Å². The number of rotatable bonds is 5. The summed E-state index contributed by atoms with van der Waals surface area (Å²) >= 11 is 3.63. The number of nitrogens with zero attached hydrogens (tertiary/aromatic N) is 1. The molecule has 0 amide bonds. The Hall–Kier alpha value is -0.580. The maximum absolute atomic E-state index is 5.83. The highest BCUT2D eigenvalue weighted by Gasteiger charge is 2.26. The fourth-order valence-corrected chi connectivity index (χ4v) is 3.44. The standard InChI is InChI=1S/C15H21BrN2O/c1-2-4-18(14-8-17-9-14)10-12-7-13(16)6-11-3-5-19-15(11)12/h6-7,14,17H,2-5,8-10H2,1H3. The maximum atomic E-state index is 5.83. The Morgan fingerprint density at radius 3 is 2.95 bits per heavy atom. The highest BCUT2D eigenvalue weighted by Crippen LogP contribution is 2.34. The van der Waals surface area contributed by atoms with Gasteiger partial charge >= 0.3 is 0 Å². The fraction of sp³-hybridized carbons (Fsp3) is 0.600. The van der Waals surface area contributed by atoms with Gasteiger partial charge in [0, 0.05) is 42.1 Å².